The van der Waals surface area contributed by atoms with Crippen molar-refractivity contribution in [2.75, 3.05) is 32.9 Å². The first-order valence-corrected chi connectivity index (χ1v) is 12.5. The molecule has 0 saturated carbocycles. The van der Waals surface area contributed by atoms with Gasteiger partial charge in [-0.2, -0.15) is 0 Å². The minimum atomic E-state index is -1.43. The number of aliphatic hydroxyl groups excluding tert-OH is 1. The van der Waals surface area contributed by atoms with Gasteiger partial charge in [0.05, 0.1) is 26.4 Å². The first-order chi connectivity index (χ1) is 16.0. The zero-order chi connectivity index (χ0) is 23.3. The largest absolute Gasteiger partial charge is 0.469 e. The number of aliphatic hydroxyl groups is 1. The number of fused-ring (bicyclic) bond motifs is 1. The number of aryl methyl sites for hydroxylation is 2. The molecule has 1 aromatic heterocycles. The Bertz CT molecular complexity index is 1010. The van der Waals surface area contributed by atoms with Gasteiger partial charge in [-0.15, -0.1) is 0 Å². The van der Waals surface area contributed by atoms with E-state index in [1.54, 1.807) is 0 Å². The van der Waals surface area contributed by atoms with Crippen LogP contribution in [0.2, 0.25) is 0 Å². The number of aromatic nitrogens is 1. The van der Waals surface area contributed by atoms with Crippen molar-refractivity contribution in [3.63, 3.8) is 0 Å². The second kappa shape index (κ2) is 10.7. The third kappa shape index (κ3) is 5.78. The Morgan fingerprint density at radius 3 is 2.79 bits per heavy atom. The summed E-state index contributed by atoms with van der Waals surface area (Å²) in [6.45, 7) is 4.46. The molecule has 178 valence electrons. The maximum absolute atomic E-state index is 13.7. The Balaban J connectivity index is 1.60. The molecule has 2 aliphatic heterocycles. The molecule has 0 bridgehead atoms. The maximum Gasteiger partial charge on any atom is 0.232 e. The minimum Gasteiger partial charge on any atom is -0.469 e. The minimum absolute atomic E-state index is 0.0900. The van der Waals surface area contributed by atoms with Gasteiger partial charge in [-0.3, -0.25) is 4.79 Å². The predicted molar refractivity (Wildman–Crippen MR) is 124 cm³/mol. The van der Waals surface area contributed by atoms with E-state index >= 15 is 0 Å². The highest BCUT2D eigenvalue weighted by Gasteiger charge is 2.42. The number of hydrogen-bond donors (Lipinski definition) is 2. The fraction of sp³-hybridized carbons (Fsp3) is 0.500. The molecule has 9 heteroatoms. The Kier molecular flexibility index (Phi) is 7.75. The molecular weight excluding hydrogens is 442 g/mol. The third-order valence-corrected chi connectivity index (χ3v) is 7.55. The molecule has 2 aromatic rings. The lowest BCUT2D eigenvalue weighted by Gasteiger charge is -2.38. The number of rotatable bonds is 7. The van der Waals surface area contributed by atoms with E-state index in [0.29, 0.717) is 62.0 Å². The average Bonchev–Trinajstić information content (AvgIpc) is 2.92. The molecule has 2 N–H and O–H groups in total. The molecule has 2 aliphatic rings. The van der Waals surface area contributed by atoms with Crippen LogP contribution in [0.3, 0.4) is 0 Å². The standard InChI is InChI=1S/C24H31N3O5S/c1-18-4-2-3-5-19(18)16-27-17-24(10-14-31-15-11-24)32-23-21(33(27)30)8-6-20(26-23)7-9-22(29)25-12-13-28/h2-6,8,28H,7,9-17H2,1H3,(H,25,29). The van der Waals surface area contributed by atoms with E-state index in [2.05, 4.69) is 29.4 Å². The van der Waals surface area contributed by atoms with Crippen LogP contribution in [-0.4, -0.2) is 63.0 Å². The lowest BCUT2D eigenvalue weighted by Crippen LogP contribution is -2.49. The molecule has 1 spiro atoms. The van der Waals surface area contributed by atoms with Gasteiger partial charge in [0, 0.05) is 38.0 Å². The molecule has 1 atom stereocenters. The molecule has 33 heavy (non-hydrogen) atoms. The van der Waals surface area contributed by atoms with Gasteiger partial charge in [-0.25, -0.2) is 13.5 Å². The van der Waals surface area contributed by atoms with Crippen molar-refractivity contribution in [2.24, 2.45) is 0 Å². The molecule has 8 nitrogen and oxygen atoms in total. The summed E-state index contributed by atoms with van der Waals surface area (Å²) in [6.07, 6.45) is 2.09. The summed E-state index contributed by atoms with van der Waals surface area (Å²) < 4.78 is 27.7. The number of benzene rings is 1. The molecule has 1 fully saturated rings. The van der Waals surface area contributed by atoms with Gasteiger partial charge in [0.15, 0.2) is 0 Å². The highest BCUT2D eigenvalue weighted by molar-refractivity contribution is 7.82. The predicted octanol–water partition coefficient (Wildman–Crippen LogP) is 1.90. The van der Waals surface area contributed by atoms with Crippen molar-refractivity contribution in [3.8, 4) is 5.88 Å². The second-order valence-electron chi connectivity index (χ2n) is 8.55. The smallest absolute Gasteiger partial charge is 0.232 e. The highest BCUT2D eigenvalue weighted by atomic mass is 32.2. The Hall–Kier alpha value is -2.33. The Morgan fingerprint density at radius 2 is 2.03 bits per heavy atom. The number of carbonyl (C=O) groups is 1. The topological polar surface area (TPSA) is 101 Å². The number of ether oxygens (including phenoxy) is 2. The number of nitrogens with one attached hydrogen (secondary N) is 1. The zero-order valence-electron chi connectivity index (χ0n) is 18.9. The number of amides is 1. The summed E-state index contributed by atoms with van der Waals surface area (Å²) in [5, 5.41) is 11.5. The Morgan fingerprint density at radius 1 is 1.24 bits per heavy atom. The maximum atomic E-state index is 13.7. The zero-order valence-corrected chi connectivity index (χ0v) is 19.7. The summed E-state index contributed by atoms with van der Waals surface area (Å²) in [7, 11) is -1.43. The van der Waals surface area contributed by atoms with Gasteiger partial charge in [-0.05, 0) is 36.6 Å². The average molecular weight is 474 g/mol. The van der Waals surface area contributed by atoms with Crippen molar-refractivity contribution >= 4 is 16.9 Å². The SMILES string of the molecule is Cc1ccccc1CN1CC2(CCOCC2)Oc2nc(CCC(=O)NCCO)ccc2S1=O. The fourth-order valence-electron chi connectivity index (χ4n) is 4.19. The number of pyridine rings is 1. The van der Waals surface area contributed by atoms with Gasteiger partial charge >= 0.3 is 0 Å². The molecule has 0 aliphatic carbocycles. The van der Waals surface area contributed by atoms with E-state index in [1.165, 1.54) is 0 Å². The highest BCUT2D eigenvalue weighted by Crippen LogP contribution is 2.37. The van der Waals surface area contributed by atoms with E-state index in [9.17, 15) is 9.00 Å². The lowest BCUT2D eigenvalue weighted by atomic mass is 9.93. The van der Waals surface area contributed by atoms with E-state index < -0.39 is 16.6 Å². The molecule has 1 saturated heterocycles. The molecule has 1 unspecified atom stereocenters. The Labute approximate surface area is 196 Å². The monoisotopic (exact) mass is 473 g/mol. The summed E-state index contributed by atoms with van der Waals surface area (Å²) in [5.74, 6) is 0.242. The second-order valence-corrected chi connectivity index (χ2v) is 10.0. The summed E-state index contributed by atoms with van der Waals surface area (Å²) in [6, 6.07) is 11.8. The molecular formula is C24H31N3O5S. The van der Waals surface area contributed by atoms with Crippen molar-refractivity contribution in [1.29, 1.82) is 0 Å². The van der Waals surface area contributed by atoms with Crippen LogP contribution in [0, 0.1) is 6.92 Å². The molecule has 1 aromatic carbocycles. The van der Waals surface area contributed by atoms with Crippen LogP contribution in [0.1, 0.15) is 36.1 Å². The van der Waals surface area contributed by atoms with Crippen LogP contribution >= 0.6 is 0 Å². The van der Waals surface area contributed by atoms with Crippen LogP contribution in [0.15, 0.2) is 41.3 Å². The molecule has 1 amide bonds. The van der Waals surface area contributed by atoms with E-state index in [-0.39, 0.29) is 25.5 Å². The van der Waals surface area contributed by atoms with Crippen LogP contribution in [0.5, 0.6) is 5.88 Å². The van der Waals surface area contributed by atoms with Gasteiger partial charge in [0.2, 0.25) is 11.8 Å². The van der Waals surface area contributed by atoms with Crippen LogP contribution in [-0.2, 0) is 33.5 Å². The first-order valence-electron chi connectivity index (χ1n) is 11.4. The van der Waals surface area contributed by atoms with Crippen molar-refractivity contribution in [3.05, 3.63) is 53.2 Å². The lowest BCUT2D eigenvalue weighted by molar-refractivity contribution is -0.121. The van der Waals surface area contributed by atoms with Crippen LogP contribution in [0.4, 0.5) is 0 Å². The normalized spacial score (nSPS) is 20.0. The van der Waals surface area contributed by atoms with Gasteiger partial charge < -0.3 is 19.9 Å². The number of hydrogen-bond acceptors (Lipinski definition) is 6. The van der Waals surface area contributed by atoms with Crippen molar-refractivity contribution < 1.29 is 23.6 Å². The molecule has 0 radical (unpaired) electrons. The van der Waals surface area contributed by atoms with Gasteiger partial charge in [0.1, 0.15) is 21.5 Å². The molecule has 3 heterocycles. The van der Waals surface area contributed by atoms with E-state index in [4.69, 9.17) is 14.6 Å². The van der Waals surface area contributed by atoms with Crippen LogP contribution < -0.4 is 10.1 Å². The fourth-order valence-corrected chi connectivity index (χ4v) is 5.50. The third-order valence-electron chi connectivity index (χ3n) is 6.14. The number of carbonyl (C=O) groups excluding carboxylic acids is 1. The number of nitrogens with zero attached hydrogens (tertiary/aromatic N) is 2. The quantitative estimate of drug-likeness (QED) is 0.637. The van der Waals surface area contributed by atoms with Crippen molar-refractivity contribution in [2.45, 2.75) is 49.6 Å². The molecule has 4 rings (SSSR count). The van der Waals surface area contributed by atoms with E-state index in [1.807, 2.05) is 28.6 Å². The van der Waals surface area contributed by atoms with Crippen LogP contribution in [0.25, 0.3) is 0 Å². The van der Waals surface area contributed by atoms with Crippen molar-refractivity contribution in [1.82, 2.24) is 14.6 Å². The van der Waals surface area contributed by atoms with Gasteiger partial charge in [-0.1, -0.05) is 24.3 Å². The summed E-state index contributed by atoms with van der Waals surface area (Å²) in [5.41, 5.74) is 2.48. The first kappa shape index (κ1) is 23.8. The van der Waals surface area contributed by atoms with E-state index in [0.717, 1.165) is 11.1 Å². The van der Waals surface area contributed by atoms with Gasteiger partial charge in [0.25, 0.3) is 0 Å². The summed E-state index contributed by atoms with van der Waals surface area (Å²) >= 11 is 0. The summed E-state index contributed by atoms with van der Waals surface area (Å²) in [4.78, 5) is 17.1.